The number of hydrogen-bond donors (Lipinski definition) is 2. The Morgan fingerprint density at radius 3 is 2.40 bits per heavy atom. The predicted octanol–water partition coefficient (Wildman–Crippen LogP) is 2.32. The van der Waals surface area contributed by atoms with Crippen molar-refractivity contribution in [3.05, 3.63) is 11.4 Å². The number of amides is 1. The van der Waals surface area contributed by atoms with E-state index in [1.807, 2.05) is 0 Å². The summed E-state index contributed by atoms with van der Waals surface area (Å²) in [5.41, 5.74) is 4.99. The Hall–Kier alpha value is -2.01. The van der Waals surface area contributed by atoms with Gasteiger partial charge in [0.25, 0.3) is 0 Å². The molecule has 1 saturated carbocycles. The SMILES string of the molecule is CCCCC1CCC(C(=O)NC(C#N)=C(N)C#N)CC1. The first-order chi connectivity index (χ1) is 9.62. The molecule has 0 unspecified atom stereocenters. The number of nitrogens with zero attached hydrogens (tertiary/aromatic N) is 2. The molecule has 1 aliphatic carbocycles. The van der Waals surface area contributed by atoms with E-state index in [9.17, 15) is 4.79 Å². The molecule has 1 aliphatic rings. The smallest absolute Gasteiger partial charge is 0.228 e. The van der Waals surface area contributed by atoms with Gasteiger partial charge in [-0.05, 0) is 31.6 Å². The fourth-order valence-electron chi connectivity index (χ4n) is 2.64. The van der Waals surface area contributed by atoms with Crippen LogP contribution in [0.25, 0.3) is 0 Å². The summed E-state index contributed by atoms with van der Waals surface area (Å²) in [5, 5.41) is 20.0. The summed E-state index contributed by atoms with van der Waals surface area (Å²) in [4.78, 5) is 12.0. The van der Waals surface area contributed by atoms with Crippen LogP contribution in [0.1, 0.15) is 51.9 Å². The maximum absolute atomic E-state index is 12.0. The molecule has 5 heteroatoms. The lowest BCUT2D eigenvalue weighted by Gasteiger charge is -2.27. The number of nitrogens with two attached hydrogens (primary N) is 1. The summed E-state index contributed by atoms with van der Waals surface area (Å²) in [6.07, 6.45) is 7.55. The number of carbonyl (C=O) groups is 1. The first-order valence-corrected chi connectivity index (χ1v) is 7.23. The highest BCUT2D eigenvalue weighted by Crippen LogP contribution is 2.32. The van der Waals surface area contributed by atoms with Gasteiger partial charge in [0.15, 0.2) is 5.70 Å². The van der Waals surface area contributed by atoms with Crippen LogP contribution in [-0.4, -0.2) is 5.91 Å². The number of allylic oxidation sites excluding steroid dienone is 2. The van der Waals surface area contributed by atoms with Crippen molar-refractivity contribution in [2.24, 2.45) is 17.6 Å². The second-order valence-corrected chi connectivity index (χ2v) is 5.36. The number of unbranched alkanes of at least 4 members (excludes halogenated alkanes) is 1. The third-order valence-corrected chi connectivity index (χ3v) is 3.93. The maximum Gasteiger partial charge on any atom is 0.228 e. The molecule has 1 amide bonds. The fourth-order valence-corrected chi connectivity index (χ4v) is 2.64. The summed E-state index contributed by atoms with van der Waals surface area (Å²) in [7, 11) is 0. The molecule has 0 spiro atoms. The minimum absolute atomic E-state index is 0.0669. The normalized spacial score (nSPS) is 23.1. The van der Waals surface area contributed by atoms with Gasteiger partial charge in [-0.25, -0.2) is 0 Å². The van der Waals surface area contributed by atoms with E-state index >= 15 is 0 Å². The Labute approximate surface area is 120 Å². The van der Waals surface area contributed by atoms with Crippen molar-refractivity contribution in [2.75, 3.05) is 0 Å². The van der Waals surface area contributed by atoms with Crippen molar-refractivity contribution in [1.29, 1.82) is 10.5 Å². The van der Waals surface area contributed by atoms with Crippen LogP contribution in [-0.2, 0) is 4.79 Å². The molecule has 0 heterocycles. The fraction of sp³-hybridized carbons (Fsp3) is 0.667. The quantitative estimate of drug-likeness (QED) is 0.751. The first-order valence-electron chi connectivity index (χ1n) is 7.23. The Kier molecular flexibility index (Phi) is 6.59. The van der Waals surface area contributed by atoms with E-state index in [2.05, 4.69) is 12.2 Å². The molecule has 0 radical (unpaired) electrons. The highest BCUT2D eigenvalue weighted by Gasteiger charge is 2.26. The predicted molar refractivity (Wildman–Crippen MR) is 75.6 cm³/mol. The van der Waals surface area contributed by atoms with Crippen molar-refractivity contribution in [3.63, 3.8) is 0 Å². The van der Waals surface area contributed by atoms with Crippen molar-refractivity contribution in [1.82, 2.24) is 5.32 Å². The molecule has 1 fully saturated rings. The largest absolute Gasteiger partial charge is 0.388 e. The Balaban J connectivity index is 2.48. The number of nitriles is 2. The zero-order valence-electron chi connectivity index (χ0n) is 12.0. The zero-order valence-corrected chi connectivity index (χ0v) is 12.0. The van der Waals surface area contributed by atoms with E-state index in [4.69, 9.17) is 16.3 Å². The monoisotopic (exact) mass is 274 g/mol. The minimum Gasteiger partial charge on any atom is -0.388 e. The summed E-state index contributed by atoms with van der Waals surface area (Å²) < 4.78 is 0. The van der Waals surface area contributed by atoms with Gasteiger partial charge < -0.3 is 11.1 Å². The molecule has 0 aromatic heterocycles. The van der Waals surface area contributed by atoms with E-state index in [1.165, 1.54) is 19.3 Å². The van der Waals surface area contributed by atoms with E-state index in [1.54, 1.807) is 12.1 Å². The molecule has 0 aromatic carbocycles. The van der Waals surface area contributed by atoms with E-state index < -0.39 is 0 Å². The van der Waals surface area contributed by atoms with Gasteiger partial charge in [0.05, 0.1) is 0 Å². The summed E-state index contributed by atoms with van der Waals surface area (Å²) in [6, 6.07) is 3.43. The molecule has 0 bridgehead atoms. The average Bonchev–Trinajstić information content (AvgIpc) is 2.50. The molecule has 0 saturated heterocycles. The summed E-state index contributed by atoms with van der Waals surface area (Å²) >= 11 is 0. The Morgan fingerprint density at radius 1 is 1.25 bits per heavy atom. The van der Waals surface area contributed by atoms with E-state index in [0.29, 0.717) is 0 Å². The van der Waals surface area contributed by atoms with Gasteiger partial charge >= 0.3 is 0 Å². The number of rotatable bonds is 5. The van der Waals surface area contributed by atoms with Crippen molar-refractivity contribution in [3.8, 4) is 12.1 Å². The molecular weight excluding hydrogens is 252 g/mol. The molecule has 108 valence electrons. The van der Waals surface area contributed by atoms with Gasteiger partial charge in [-0.2, -0.15) is 10.5 Å². The molecule has 0 atom stereocenters. The van der Waals surface area contributed by atoms with Gasteiger partial charge in [-0.15, -0.1) is 0 Å². The van der Waals surface area contributed by atoms with Gasteiger partial charge in [-0.1, -0.05) is 26.2 Å². The highest BCUT2D eigenvalue weighted by atomic mass is 16.1. The van der Waals surface area contributed by atoms with Crippen molar-refractivity contribution < 1.29 is 4.79 Å². The molecule has 0 aromatic rings. The maximum atomic E-state index is 12.0. The van der Waals surface area contributed by atoms with Gasteiger partial charge in [0.1, 0.15) is 17.8 Å². The third kappa shape index (κ3) is 4.59. The van der Waals surface area contributed by atoms with Crippen LogP contribution in [0, 0.1) is 34.5 Å². The van der Waals surface area contributed by atoms with Crippen LogP contribution in [0.4, 0.5) is 0 Å². The molecule has 20 heavy (non-hydrogen) atoms. The lowest BCUT2D eigenvalue weighted by atomic mass is 9.79. The summed E-state index contributed by atoms with van der Waals surface area (Å²) in [5.74, 6) is 0.477. The second kappa shape index (κ2) is 8.22. The highest BCUT2D eigenvalue weighted by molar-refractivity contribution is 5.81. The van der Waals surface area contributed by atoms with E-state index in [-0.39, 0.29) is 23.2 Å². The number of hydrogen-bond acceptors (Lipinski definition) is 4. The van der Waals surface area contributed by atoms with Crippen LogP contribution >= 0.6 is 0 Å². The first kappa shape index (κ1) is 16.0. The standard InChI is InChI=1S/C15H22N4O/c1-2-3-4-11-5-7-12(8-6-11)15(20)19-14(10-17)13(18)9-16/h11-12H,2-8,18H2,1H3,(H,19,20). The molecule has 0 aliphatic heterocycles. The lowest BCUT2D eigenvalue weighted by molar-refractivity contribution is -0.125. The number of nitrogens with one attached hydrogen (secondary N) is 1. The topological polar surface area (TPSA) is 103 Å². The average molecular weight is 274 g/mol. The van der Waals surface area contributed by atoms with Crippen molar-refractivity contribution in [2.45, 2.75) is 51.9 Å². The van der Waals surface area contributed by atoms with Crippen LogP contribution in [0.3, 0.4) is 0 Å². The van der Waals surface area contributed by atoms with Gasteiger partial charge in [0, 0.05) is 5.92 Å². The summed E-state index contributed by atoms with van der Waals surface area (Å²) in [6.45, 7) is 2.19. The minimum atomic E-state index is -0.238. The van der Waals surface area contributed by atoms with E-state index in [0.717, 1.165) is 31.6 Å². The molecule has 1 rings (SSSR count). The Morgan fingerprint density at radius 2 is 1.90 bits per heavy atom. The third-order valence-electron chi connectivity index (χ3n) is 3.93. The molecule has 5 nitrogen and oxygen atoms in total. The zero-order chi connectivity index (χ0) is 15.0. The lowest BCUT2D eigenvalue weighted by Crippen LogP contribution is -2.33. The van der Waals surface area contributed by atoms with Gasteiger partial charge in [-0.3, -0.25) is 4.79 Å². The van der Waals surface area contributed by atoms with Crippen LogP contribution in [0.5, 0.6) is 0 Å². The van der Waals surface area contributed by atoms with Crippen LogP contribution in [0.15, 0.2) is 11.4 Å². The second-order valence-electron chi connectivity index (χ2n) is 5.36. The molecular formula is C15H22N4O. The van der Waals surface area contributed by atoms with Crippen molar-refractivity contribution >= 4 is 5.91 Å². The Bertz CT molecular complexity index is 447. The van der Waals surface area contributed by atoms with Gasteiger partial charge in [0.2, 0.25) is 5.91 Å². The van der Waals surface area contributed by atoms with Crippen LogP contribution in [0.2, 0.25) is 0 Å². The number of carbonyl (C=O) groups excluding carboxylic acids is 1. The van der Waals surface area contributed by atoms with Crippen LogP contribution < -0.4 is 11.1 Å². The molecule has 3 N–H and O–H groups in total.